The molecule has 0 N–H and O–H groups in total. The number of hydrogen-bond acceptors (Lipinski definition) is 1. The molecule has 0 unspecified atom stereocenters. The molecule has 49 valence electrons. The smallest absolute Gasteiger partial charge is 0.160 e. The van der Waals surface area contributed by atoms with E-state index in [0.29, 0.717) is 12.2 Å². The Labute approximate surface area is 53.8 Å². The SMILES string of the molecule is COC1=C[CH]CC=C1F. The van der Waals surface area contributed by atoms with E-state index in [2.05, 4.69) is 4.74 Å². The van der Waals surface area contributed by atoms with E-state index in [0.717, 1.165) is 0 Å². The summed E-state index contributed by atoms with van der Waals surface area (Å²) in [5.74, 6) is 0.0567. The minimum atomic E-state index is -0.264. The molecule has 1 rings (SSSR count). The minimum Gasteiger partial charge on any atom is -0.494 e. The third-order valence-corrected chi connectivity index (χ3v) is 1.16. The molecule has 0 spiro atoms. The Morgan fingerprint density at radius 2 is 2.44 bits per heavy atom. The van der Waals surface area contributed by atoms with Crippen molar-refractivity contribution in [2.24, 2.45) is 0 Å². The summed E-state index contributed by atoms with van der Waals surface area (Å²) in [7, 11) is 1.46. The number of rotatable bonds is 1. The Bertz CT molecular complexity index is 158. The molecule has 0 fully saturated rings. The first-order valence-electron chi connectivity index (χ1n) is 2.78. The van der Waals surface area contributed by atoms with E-state index >= 15 is 0 Å². The van der Waals surface area contributed by atoms with Crippen molar-refractivity contribution in [2.75, 3.05) is 7.11 Å². The van der Waals surface area contributed by atoms with Crippen LogP contribution in [0, 0.1) is 6.42 Å². The molecular weight excluding hydrogens is 119 g/mol. The van der Waals surface area contributed by atoms with Gasteiger partial charge in [0.2, 0.25) is 0 Å². The lowest BCUT2D eigenvalue weighted by atomic mass is 10.1. The van der Waals surface area contributed by atoms with Crippen LogP contribution in [-0.4, -0.2) is 7.11 Å². The van der Waals surface area contributed by atoms with Crippen molar-refractivity contribution >= 4 is 0 Å². The first-order chi connectivity index (χ1) is 4.34. The first-order valence-corrected chi connectivity index (χ1v) is 2.78. The maximum Gasteiger partial charge on any atom is 0.160 e. The van der Waals surface area contributed by atoms with Crippen molar-refractivity contribution in [3.63, 3.8) is 0 Å². The predicted octanol–water partition coefficient (Wildman–Crippen LogP) is 1.98. The van der Waals surface area contributed by atoms with Crippen LogP contribution < -0.4 is 0 Å². The fraction of sp³-hybridized carbons (Fsp3) is 0.286. The number of ether oxygens (including phenoxy) is 1. The minimum absolute atomic E-state index is 0.264. The molecule has 0 atom stereocenters. The Morgan fingerprint density at radius 1 is 1.67 bits per heavy atom. The van der Waals surface area contributed by atoms with Crippen LogP contribution in [0.15, 0.2) is 23.7 Å². The molecule has 0 amide bonds. The first kappa shape index (κ1) is 6.33. The van der Waals surface area contributed by atoms with E-state index in [1.54, 1.807) is 6.08 Å². The van der Waals surface area contributed by atoms with E-state index in [9.17, 15) is 4.39 Å². The van der Waals surface area contributed by atoms with Crippen LogP contribution >= 0.6 is 0 Å². The lowest BCUT2D eigenvalue weighted by molar-refractivity contribution is 0.281. The summed E-state index contributed by atoms with van der Waals surface area (Å²) in [6.07, 6.45) is 5.63. The molecule has 1 radical (unpaired) electrons. The largest absolute Gasteiger partial charge is 0.494 e. The van der Waals surface area contributed by atoms with E-state index in [-0.39, 0.29) is 5.83 Å². The van der Waals surface area contributed by atoms with Gasteiger partial charge in [0.25, 0.3) is 0 Å². The average molecular weight is 127 g/mol. The number of methoxy groups -OCH3 is 1. The van der Waals surface area contributed by atoms with Crippen LogP contribution in [0.5, 0.6) is 0 Å². The van der Waals surface area contributed by atoms with Gasteiger partial charge in [-0.25, -0.2) is 4.39 Å². The van der Waals surface area contributed by atoms with Crippen molar-refractivity contribution in [2.45, 2.75) is 6.42 Å². The molecule has 1 nitrogen and oxygen atoms in total. The van der Waals surface area contributed by atoms with Crippen LogP contribution in [-0.2, 0) is 4.74 Å². The van der Waals surface area contributed by atoms with Crippen LogP contribution in [0.1, 0.15) is 6.42 Å². The van der Waals surface area contributed by atoms with Gasteiger partial charge >= 0.3 is 0 Å². The molecule has 0 saturated carbocycles. The Morgan fingerprint density at radius 3 is 2.89 bits per heavy atom. The van der Waals surface area contributed by atoms with Crippen molar-refractivity contribution in [1.82, 2.24) is 0 Å². The van der Waals surface area contributed by atoms with Crippen LogP contribution in [0.4, 0.5) is 4.39 Å². The molecule has 9 heavy (non-hydrogen) atoms. The highest BCUT2D eigenvalue weighted by atomic mass is 19.1. The maximum atomic E-state index is 12.5. The van der Waals surface area contributed by atoms with Crippen molar-refractivity contribution in [3.05, 3.63) is 30.2 Å². The summed E-state index contributed by atoms with van der Waals surface area (Å²) in [4.78, 5) is 0. The number of halogens is 1. The lowest BCUT2D eigenvalue weighted by Crippen LogP contribution is -1.92. The average Bonchev–Trinajstić information content (AvgIpc) is 1.89. The fourth-order valence-corrected chi connectivity index (χ4v) is 0.692. The maximum absolute atomic E-state index is 12.5. The number of hydrogen-bond donors (Lipinski definition) is 0. The second-order valence-electron chi connectivity index (χ2n) is 1.76. The van der Waals surface area contributed by atoms with Gasteiger partial charge in [0, 0.05) is 0 Å². The quantitative estimate of drug-likeness (QED) is 0.523. The normalized spacial score (nSPS) is 18.4. The van der Waals surface area contributed by atoms with Gasteiger partial charge < -0.3 is 4.74 Å². The van der Waals surface area contributed by atoms with E-state index in [1.807, 2.05) is 6.42 Å². The zero-order valence-corrected chi connectivity index (χ0v) is 5.23. The third kappa shape index (κ3) is 1.31. The highest BCUT2D eigenvalue weighted by Crippen LogP contribution is 2.18. The van der Waals surface area contributed by atoms with E-state index in [4.69, 9.17) is 0 Å². The Balaban J connectivity index is 2.68. The molecule has 0 aliphatic heterocycles. The standard InChI is InChI=1S/C7H8FO/c1-9-7-5-3-2-4-6(7)8/h3-5H,2H2,1H3. The van der Waals surface area contributed by atoms with Gasteiger partial charge in [0.15, 0.2) is 11.6 Å². The summed E-state index contributed by atoms with van der Waals surface area (Å²) in [6, 6.07) is 0. The molecule has 1 aliphatic rings. The molecule has 0 bridgehead atoms. The Hall–Kier alpha value is -0.790. The van der Waals surface area contributed by atoms with Gasteiger partial charge in [-0.3, -0.25) is 0 Å². The van der Waals surface area contributed by atoms with Crippen molar-refractivity contribution in [1.29, 1.82) is 0 Å². The van der Waals surface area contributed by atoms with E-state index in [1.165, 1.54) is 13.2 Å². The van der Waals surface area contributed by atoms with Gasteiger partial charge in [-0.15, -0.1) is 0 Å². The highest BCUT2D eigenvalue weighted by Gasteiger charge is 2.06. The molecule has 2 heteroatoms. The zero-order chi connectivity index (χ0) is 6.69. The fourth-order valence-electron chi connectivity index (χ4n) is 0.692. The molecule has 0 saturated heterocycles. The van der Waals surface area contributed by atoms with Gasteiger partial charge in [-0.05, 0) is 25.0 Å². The molecule has 0 aromatic carbocycles. The summed E-state index contributed by atoms with van der Waals surface area (Å²) in [6.45, 7) is 0. The number of allylic oxidation sites excluding steroid dienone is 3. The predicted molar refractivity (Wildman–Crippen MR) is 33.2 cm³/mol. The van der Waals surface area contributed by atoms with Crippen LogP contribution in [0.3, 0.4) is 0 Å². The zero-order valence-electron chi connectivity index (χ0n) is 5.23. The van der Waals surface area contributed by atoms with Gasteiger partial charge in [-0.1, -0.05) is 0 Å². The van der Waals surface area contributed by atoms with Crippen molar-refractivity contribution < 1.29 is 9.13 Å². The van der Waals surface area contributed by atoms with Crippen LogP contribution in [0.25, 0.3) is 0 Å². The van der Waals surface area contributed by atoms with Gasteiger partial charge in [-0.2, -0.15) is 0 Å². The third-order valence-electron chi connectivity index (χ3n) is 1.16. The molecule has 0 aromatic rings. The van der Waals surface area contributed by atoms with Crippen molar-refractivity contribution in [3.8, 4) is 0 Å². The summed E-state index contributed by atoms with van der Waals surface area (Å²) >= 11 is 0. The monoisotopic (exact) mass is 127 g/mol. The molecule has 0 heterocycles. The second-order valence-corrected chi connectivity index (χ2v) is 1.76. The second kappa shape index (κ2) is 2.67. The van der Waals surface area contributed by atoms with E-state index < -0.39 is 0 Å². The molecule has 1 aliphatic carbocycles. The molecule has 0 aromatic heterocycles. The van der Waals surface area contributed by atoms with Crippen LogP contribution in [0.2, 0.25) is 0 Å². The van der Waals surface area contributed by atoms with Gasteiger partial charge in [0.05, 0.1) is 7.11 Å². The lowest BCUT2D eigenvalue weighted by Gasteiger charge is -2.06. The highest BCUT2D eigenvalue weighted by molar-refractivity contribution is 5.27. The molecular formula is C7H8FO. The topological polar surface area (TPSA) is 9.23 Å². The summed E-state index contributed by atoms with van der Waals surface area (Å²) in [5.41, 5.74) is 0. The summed E-state index contributed by atoms with van der Waals surface area (Å²) < 4.78 is 17.2. The van der Waals surface area contributed by atoms with Gasteiger partial charge in [0.1, 0.15) is 0 Å². The summed E-state index contributed by atoms with van der Waals surface area (Å²) in [5, 5.41) is 0. The Kier molecular flexibility index (Phi) is 1.88.